The van der Waals surface area contributed by atoms with E-state index in [-0.39, 0.29) is 5.91 Å². The summed E-state index contributed by atoms with van der Waals surface area (Å²) in [7, 11) is 1.81. The van der Waals surface area contributed by atoms with Gasteiger partial charge in [0.2, 0.25) is 0 Å². The van der Waals surface area contributed by atoms with Gasteiger partial charge in [-0.1, -0.05) is 0 Å². The van der Waals surface area contributed by atoms with Gasteiger partial charge in [-0.25, -0.2) is 0 Å². The van der Waals surface area contributed by atoms with Crippen molar-refractivity contribution in [3.63, 3.8) is 0 Å². The molecule has 0 saturated carbocycles. The summed E-state index contributed by atoms with van der Waals surface area (Å²) in [5.74, 6) is -0.176. The summed E-state index contributed by atoms with van der Waals surface area (Å²) in [5, 5.41) is 7.01. The van der Waals surface area contributed by atoms with E-state index >= 15 is 0 Å². The quantitative estimate of drug-likeness (QED) is 0.860. The predicted octanol–water partition coefficient (Wildman–Crippen LogP) is 1.38. The number of hydrogen-bond acceptors (Lipinski definition) is 3. The van der Waals surface area contributed by atoms with Crippen molar-refractivity contribution in [3.05, 3.63) is 29.8 Å². The first-order valence-corrected chi connectivity index (χ1v) is 5.78. The van der Waals surface area contributed by atoms with Gasteiger partial charge in [0.25, 0.3) is 5.91 Å². The third-order valence-corrected chi connectivity index (χ3v) is 2.75. The molecule has 0 atom stereocenters. The van der Waals surface area contributed by atoms with Crippen LogP contribution in [-0.2, 0) is 13.6 Å². The average Bonchev–Trinajstić information content (AvgIpc) is 2.82. The van der Waals surface area contributed by atoms with Crippen LogP contribution in [-0.4, -0.2) is 20.3 Å². The Labute approximate surface area is 105 Å². The number of rotatable bonds is 3. The highest BCUT2D eigenvalue weighted by Crippen LogP contribution is 2.16. The molecule has 0 unspecified atom stereocenters. The molecule has 0 aliphatic carbocycles. The molecule has 0 fully saturated rings. The van der Waals surface area contributed by atoms with Crippen molar-refractivity contribution in [1.29, 1.82) is 0 Å². The summed E-state index contributed by atoms with van der Waals surface area (Å²) >= 11 is 0. The first-order valence-electron chi connectivity index (χ1n) is 5.78. The summed E-state index contributed by atoms with van der Waals surface area (Å²) in [4.78, 5) is 12.1. The van der Waals surface area contributed by atoms with E-state index in [9.17, 15) is 4.79 Å². The van der Waals surface area contributed by atoms with Crippen LogP contribution in [0, 0.1) is 6.92 Å². The average molecular weight is 247 g/mol. The first-order chi connectivity index (χ1) is 8.51. The minimum Gasteiger partial charge on any atom is -0.397 e. The lowest BCUT2D eigenvalue weighted by atomic mass is 10.3. The Morgan fingerprint density at radius 2 is 2.22 bits per heavy atom. The van der Waals surface area contributed by atoms with Crippen LogP contribution in [0.25, 0.3) is 0 Å². The number of carbonyl (C=O) groups excluding carboxylic acids is 1. The van der Waals surface area contributed by atoms with Crippen LogP contribution in [0.4, 0.5) is 11.4 Å². The highest BCUT2D eigenvalue weighted by atomic mass is 16.2. The lowest BCUT2D eigenvalue weighted by Crippen LogP contribution is -2.16. The minimum atomic E-state index is -0.176. The van der Waals surface area contributed by atoms with E-state index in [1.807, 2.05) is 25.5 Å². The van der Waals surface area contributed by atoms with Crippen LogP contribution in [0.2, 0.25) is 0 Å². The molecule has 3 N–H and O–H groups in total. The highest BCUT2D eigenvalue weighted by molar-refractivity contribution is 6.04. The zero-order valence-electron chi connectivity index (χ0n) is 10.8. The Bertz CT molecular complexity index is 581. The molecular formula is C12H17N5O. The number of nitrogens with zero attached hydrogens (tertiary/aromatic N) is 3. The monoisotopic (exact) mass is 247 g/mol. The number of nitrogens with one attached hydrogen (secondary N) is 1. The molecule has 0 saturated heterocycles. The van der Waals surface area contributed by atoms with Crippen LogP contribution in [0.15, 0.2) is 18.5 Å². The topological polar surface area (TPSA) is 77.9 Å². The fourth-order valence-electron chi connectivity index (χ4n) is 1.89. The van der Waals surface area contributed by atoms with E-state index in [0.29, 0.717) is 23.6 Å². The molecule has 1 amide bonds. The molecule has 0 aromatic carbocycles. The fourth-order valence-corrected chi connectivity index (χ4v) is 1.89. The number of hydrogen-bond donors (Lipinski definition) is 2. The summed E-state index contributed by atoms with van der Waals surface area (Å²) in [6.45, 7) is 4.51. The second-order valence-corrected chi connectivity index (χ2v) is 4.20. The Hall–Kier alpha value is -2.24. The van der Waals surface area contributed by atoms with E-state index in [4.69, 9.17) is 5.73 Å². The molecule has 18 heavy (non-hydrogen) atoms. The minimum absolute atomic E-state index is 0.176. The molecule has 0 spiro atoms. The van der Waals surface area contributed by atoms with E-state index in [1.165, 1.54) is 0 Å². The second kappa shape index (κ2) is 4.56. The van der Waals surface area contributed by atoms with Crippen molar-refractivity contribution in [1.82, 2.24) is 14.3 Å². The van der Waals surface area contributed by atoms with Crippen LogP contribution in [0.5, 0.6) is 0 Å². The zero-order valence-corrected chi connectivity index (χ0v) is 10.8. The standard InChI is InChI=1S/C12H17N5O/c1-4-17-6-9(13)5-11(17)12(18)14-10-7-16(3)15-8(10)2/h5-7H,4,13H2,1-3H3,(H,14,18). The zero-order chi connectivity index (χ0) is 13.3. The lowest BCUT2D eigenvalue weighted by molar-refractivity contribution is 0.101. The third kappa shape index (κ3) is 2.22. The Kier molecular flexibility index (Phi) is 3.10. The molecule has 2 heterocycles. The molecule has 2 aromatic heterocycles. The number of aryl methyl sites for hydroxylation is 3. The van der Waals surface area contributed by atoms with Crippen molar-refractivity contribution >= 4 is 17.3 Å². The Morgan fingerprint density at radius 1 is 1.50 bits per heavy atom. The molecule has 0 bridgehead atoms. The summed E-state index contributed by atoms with van der Waals surface area (Å²) < 4.78 is 3.48. The summed E-state index contributed by atoms with van der Waals surface area (Å²) in [6.07, 6.45) is 3.53. The van der Waals surface area contributed by atoms with Gasteiger partial charge in [0, 0.05) is 26.0 Å². The highest BCUT2D eigenvalue weighted by Gasteiger charge is 2.14. The van der Waals surface area contributed by atoms with Gasteiger partial charge in [0.1, 0.15) is 5.69 Å². The SMILES string of the molecule is CCn1cc(N)cc1C(=O)Nc1cn(C)nc1C. The van der Waals surface area contributed by atoms with Crippen molar-refractivity contribution in [2.45, 2.75) is 20.4 Å². The molecule has 6 nitrogen and oxygen atoms in total. The van der Waals surface area contributed by atoms with Crippen LogP contribution < -0.4 is 11.1 Å². The maximum Gasteiger partial charge on any atom is 0.272 e. The smallest absolute Gasteiger partial charge is 0.272 e. The Morgan fingerprint density at radius 3 is 2.78 bits per heavy atom. The molecule has 2 aromatic rings. The largest absolute Gasteiger partial charge is 0.397 e. The molecule has 6 heteroatoms. The summed E-state index contributed by atoms with van der Waals surface area (Å²) in [6, 6.07) is 1.67. The number of aromatic nitrogens is 3. The molecule has 0 radical (unpaired) electrons. The lowest BCUT2D eigenvalue weighted by Gasteiger charge is -2.06. The number of carbonyl (C=O) groups is 1. The number of nitrogen functional groups attached to an aromatic ring is 1. The third-order valence-electron chi connectivity index (χ3n) is 2.75. The normalized spacial score (nSPS) is 10.6. The number of nitrogens with two attached hydrogens (primary N) is 1. The molecule has 0 aliphatic heterocycles. The van der Waals surface area contributed by atoms with Gasteiger partial charge < -0.3 is 15.6 Å². The second-order valence-electron chi connectivity index (χ2n) is 4.20. The molecule has 2 rings (SSSR count). The van der Waals surface area contributed by atoms with E-state index in [1.54, 1.807) is 23.1 Å². The first kappa shape index (κ1) is 12.2. The van der Waals surface area contributed by atoms with Crippen molar-refractivity contribution in [2.75, 3.05) is 11.1 Å². The van der Waals surface area contributed by atoms with E-state index < -0.39 is 0 Å². The van der Waals surface area contributed by atoms with Gasteiger partial charge in [-0.15, -0.1) is 0 Å². The van der Waals surface area contributed by atoms with Crippen molar-refractivity contribution in [2.24, 2.45) is 7.05 Å². The van der Waals surface area contributed by atoms with E-state index in [0.717, 1.165) is 5.69 Å². The Balaban J connectivity index is 2.24. The summed E-state index contributed by atoms with van der Waals surface area (Å²) in [5.41, 5.74) is 8.34. The fraction of sp³-hybridized carbons (Fsp3) is 0.333. The predicted molar refractivity (Wildman–Crippen MR) is 70.4 cm³/mol. The van der Waals surface area contributed by atoms with Gasteiger partial charge in [-0.3, -0.25) is 9.48 Å². The van der Waals surface area contributed by atoms with Gasteiger partial charge >= 0.3 is 0 Å². The van der Waals surface area contributed by atoms with Crippen LogP contribution >= 0.6 is 0 Å². The van der Waals surface area contributed by atoms with Crippen molar-refractivity contribution < 1.29 is 4.79 Å². The van der Waals surface area contributed by atoms with E-state index in [2.05, 4.69) is 10.4 Å². The maximum atomic E-state index is 12.1. The van der Waals surface area contributed by atoms with Gasteiger partial charge in [-0.05, 0) is 19.9 Å². The molecule has 0 aliphatic rings. The number of anilines is 2. The van der Waals surface area contributed by atoms with Gasteiger partial charge in [-0.2, -0.15) is 5.10 Å². The molecule has 96 valence electrons. The number of amides is 1. The van der Waals surface area contributed by atoms with Crippen LogP contribution in [0.1, 0.15) is 23.1 Å². The van der Waals surface area contributed by atoms with Gasteiger partial charge in [0.05, 0.1) is 17.1 Å². The maximum absolute atomic E-state index is 12.1. The van der Waals surface area contributed by atoms with Gasteiger partial charge in [0.15, 0.2) is 0 Å². The molecular weight excluding hydrogens is 230 g/mol. The van der Waals surface area contributed by atoms with Crippen molar-refractivity contribution in [3.8, 4) is 0 Å². The van der Waals surface area contributed by atoms with Crippen LogP contribution in [0.3, 0.4) is 0 Å².